The summed E-state index contributed by atoms with van der Waals surface area (Å²) in [5.41, 5.74) is 5.39. The van der Waals surface area contributed by atoms with Crippen LogP contribution < -0.4 is 0 Å². The van der Waals surface area contributed by atoms with Crippen LogP contribution in [0.25, 0.3) is 11.3 Å². The largest absolute Gasteiger partial charge is 0.322 e. The third-order valence-electron chi connectivity index (χ3n) is 5.20. The average molecular weight is 445 g/mol. The van der Waals surface area contributed by atoms with Crippen LogP contribution in [0, 0.1) is 0 Å². The topological polar surface area (TPSA) is 61.9 Å². The summed E-state index contributed by atoms with van der Waals surface area (Å²) in [6, 6.07) is 21.8. The van der Waals surface area contributed by atoms with Crippen molar-refractivity contribution in [2.75, 3.05) is 0 Å². The van der Waals surface area contributed by atoms with Crippen molar-refractivity contribution in [3.8, 4) is 11.3 Å². The van der Waals surface area contributed by atoms with Crippen LogP contribution in [0.4, 0.5) is 0 Å². The van der Waals surface area contributed by atoms with E-state index in [9.17, 15) is 4.79 Å². The molecule has 29 heavy (non-hydrogen) atoms. The number of aromatic amines is 1. The van der Waals surface area contributed by atoms with E-state index in [0.29, 0.717) is 12.2 Å². The van der Waals surface area contributed by atoms with Crippen LogP contribution in [0.3, 0.4) is 0 Å². The Morgan fingerprint density at radius 2 is 1.69 bits per heavy atom. The predicted octanol–water partition coefficient (Wildman–Crippen LogP) is 4.98. The van der Waals surface area contributed by atoms with Crippen LogP contribution in [0.5, 0.6) is 0 Å². The Bertz CT molecular complexity index is 1160. The summed E-state index contributed by atoms with van der Waals surface area (Å²) in [6.45, 7) is 0.499. The molecule has 2 aromatic heterocycles. The second-order valence-electron chi connectivity index (χ2n) is 6.97. The van der Waals surface area contributed by atoms with Gasteiger partial charge in [0, 0.05) is 34.5 Å². The van der Waals surface area contributed by atoms with Crippen LogP contribution in [0.1, 0.15) is 33.2 Å². The Hall–Kier alpha value is -3.25. The first-order valence-electron chi connectivity index (χ1n) is 9.31. The van der Waals surface area contributed by atoms with Gasteiger partial charge in [0.2, 0.25) is 0 Å². The minimum absolute atomic E-state index is 0.0422. The molecule has 6 heteroatoms. The van der Waals surface area contributed by atoms with E-state index in [-0.39, 0.29) is 11.9 Å². The fraction of sp³-hybridized carbons (Fsp3) is 0.0870. The van der Waals surface area contributed by atoms with Gasteiger partial charge in [0.05, 0.1) is 11.7 Å². The molecule has 1 aliphatic rings. The Kier molecular flexibility index (Phi) is 4.48. The highest BCUT2D eigenvalue weighted by molar-refractivity contribution is 9.10. The molecule has 0 bridgehead atoms. The number of carbonyl (C=O) groups is 1. The monoisotopic (exact) mass is 444 g/mol. The summed E-state index contributed by atoms with van der Waals surface area (Å²) in [4.78, 5) is 19.3. The molecule has 0 aliphatic carbocycles. The first kappa shape index (κ1) is 17.8. The SMILES string of the molecule is O=C1c2[nH]nc(-c3ccccc3)c2C(c2ccc(Br)cc2)N1Cc1ccncc1. The Morgan fingerprint density at radius 1 is 0.966 bits per heavy atom. The lowest BCUT2D eigenvalue weighted by atomic mass is 9.96. The van der Waals surface area contributed by atoms with Gasteiger partial charge in [-0.25, -0.2) is 0 Å². The summed E-state index contributed by atoms with van der Waals surface area (Å²) in [5, 5.41) is 7.50. The zero-order valence-corrected chi connectivity index (χ0v) is 17.0. The summed E-state index contributed by atoms with van der Waals surface area (Å²) < 4.78 is 1.00. The van der Waals surface area contributed by atoms with Gasteiger partial charge in [0.15, 0.2) is 0 Å². The lowest BCUT2D eigenvalue weighted by Crippen LogP contribution is -2.29. The zero-order chi connectivity index (χ0) is 19.8. The number of fused-ring (bicyclic) bond motifs is 1. The van der Waals surface area contributed by atoms with Gasteiger partial charge in [-0.3, -0.25) is 14.9 Å². The number of pyridine rings is 1. The van der Waals surface area contributed by atoms with Crippen molar-refractivity contribution < 1.29 is 4.79 Å². The second kappa shape index (κ2) is 7.29. The number of rotatable bonds is 4. The minimum Gasteiger partial charge on any atom is -0.322 e. The molecule has 1 N–H and O–H groups in total. The van der Waals surface area contributed by atoms with Gasteiger partial charge in [0.25, 0.3) is 5.91 Å². The van der Waals surface area contributed by atoms with E-state index >= 15 is 0 Å². The molecular formula is C23H17BrN4O. The molecule has 5 rings (SSSR count). The molecule has 1 aliphatic heterocycles. The smallest absolute Gasteiger partial charge is 0.273 e. The third-order valence-corrected chi connectivity index (χ3v) is 5.73. The molecule has 2 aromatic carbocycles. The number of benzene rings is 2. The Morgan fingerprint density at radius 3 is 2.41 bits per heavy atom. The maximum Gasteiger partial charge on any atom is 0.273 e. The van der Waals surface area contributed by atoms with Crippen molar-refractivity contribution in [3.63, 3.8) is 0 Å². The van der Waals surface area contributed by atoms with Crippen molar-refractivity contribution in [1.82, 2.24) is 20.1 Å². The maximum atomic E-state index is 13.3. The van der Waals surface area contributed by atoms with E-state index in [4.69, 9.17) is 0 Å². The molecular weight excluding hydrogens is 428 g/mol. The number of nitrogens with one attached hydrogen (secondary N) is 1. The lowest BCUT2D eigenvalue weighted by Gasteiger charge is -2.26. The van der Waals surface area contributed by atoms with E-state index < -0.39 is 0 Å². The zero-order valence-electron chi connectivity index (χ0n) is 15.4. The number of nitrogens with zero attached hydrogens (tertiary/aromatic N) is 3. The first-order valence-corrected chi connectivity index (χ1v) is 10.1. The van der Waals surface area contributed by atoms with Gasteiger partial charge in [-0.2, -0.15) is 5.10 Å². The van der Waals surface area contributed by atoms with Crippen LogP contribution in [-0.2, 0) is 6.54 Å². The van der Waals surface area contributed by atoms with Gasteiger partial charge >= 0.3 is 0 Å². The summed E-state index contributed by atoms with van der Waals surface area (Å²) in [7, 11) is 0. The third kappa shape index (κ3) is 3.15. The number of H-pyrrole nitrogens is 1. The number of hydrogen-bond donors (Lipinski definition) is 1. The standard InChI is InChI=1S/C23H17BrN4O/c24-18-8-6-17(7-9-18)22-19-20(16-4-2-1-3-5-16)26-27-21(19)23(29)28(22)14-15-10-12-25-13-11-15/h1-13,22H,14H2,(H,26,27). The number of amides is 1. The Labute approximate surface area is 176 Å². The van der Waals surface area contributed by atoms with Gasteiger partial charge in [-0.15, -0.1) is 0 Å². The van der Waals surface area contributed by atoms with Gasteiger partial charge in [-0.05, 0) is 35.4 Å². The fourth-order valence-electron chi connectivity index (χ4n) is 3.85. The molecule has 142 valence electrons. The van der Waals surface area contributed by atoms with E-state index in [1.807, 2.05) is 59.5 Å². The van der Waals surface area contributed by atoms with Crippen molar-refractivity contribution in [3.05, 3.63) is 106 Å². The van der Waals surface area contributed by atoms with E-state index in [2.05, 4.69) is 43.2 Å². The quantitative estimate of drug-likeness (QED) is 0.482. The van der Waals surface area contributed by atoms with Crippen molar-refractivity contribution in [2.24, 2.45) is 0 Å². The lowest BCUT2D eigenvalue weighted by molar-refractivity contribution is 0.0730. The highest BCUT2D eigenvalue weighted by Crippen LogP contribution is 2.43. The average Bonchev–Trinajstić information content (AvgIpc) is 3.30. The summed E-state index contributed by atoms with van der Waals surface area (Å²) in [6.07, 6.45) is 3.50. The number of halogens is 1. The maximum absolute atomic E-state index is 13.3. The summed E-state index contributed by atoms with van der Waals surface area (Å²) in [5.74, 6) is -0.0422. The Balaban J connectivity index is 1.65. The molecule has 0 saturated carbocycles. The van der Waals surface area contributed by atoms with Crippen LogP contribution in [0.15, 0.2) is 83.6 Å². The van der Waals surface area contributed by atoms with Crippen molar-refractivity contribution in [2.45, 2.75) is 12.6 Å². The van der Waals surface area contributed by atoms with Crippen molar-refractivity contribution in [1.29, 1.82) is 0 Å². The van der Waals surface area contributed by atoms with Crippen LogP contribution >= 0.6 is 15.9 Å². The molecule has 0 saturated heterocycles. The first-order chi connectivity index (χ1) is 14.2. The molecule has 1 atom stereocenters. The molecule has 5 nitrogen and oxygen atoms in total. The van der Waals surface area contributed by atoms with Crippen LogP contribution in [0.2, 0.25) is 0 Å². The van der Waals surface area contributed by atoms with Gasteiger partial charge in [0.1, 0.15) is 5.69 Å². The molecule has 1 unspecified atom stereocenters. The molecule has 1 amide bonds. The molecule has 3 heterocycles. The molecule has 0 spiro atoms. The fourth-order valence-corrected chi connectivity index (χ4v) is 4.12. The van der Waals surface area contributed by atoms with E-state index in [0.717, 1.165) is 32.4 Å². The molecule has 0 radical (unpaired) electrons. The number of hydrogen-bond acceptors (Lipinski definition) is 3. The van der Waals surface area contributed by atoms with E-state index in [1.54, 1.807) is 12.4 Å². The normalized spacial score (nSPS) is 15.6. The summed E-state index contributed by atoms with van der Waals surface area (Å²) >= 11 is 3.50. The van der Waals surface area contributed by atoms with Crippen molar-refractivity contribution >= 4 is 21.8 Å². The van der Waals surface area contributed by atoms with E-state index in [1.165, 1.54) is 0 Å². The van der Waals surface area contributed by atoms with Gasteiger partial charge < -0.3 is 4.90 Å². The van der Waals surface area contributed by atoms with Gasteiger partial charge in [-0.1, -0.05) is 58.4 Å². The minimum atomic E-state index is -0.215. The highest BCUT2D eigenvalue weighted by atomic mass is 79.9. The molecule has 0 fully saturated rings. The predicted molar refractivity (Wildman–Crippen MR) is 114 cm³/mol. The second-order valence-corrected chi connectivity index (χ2v) is 7.89. The number of aromatic nitrogens is 3. The highest BCUT2D eigenvalue weighted by Gasteiger charge is 2.42. The number of carbonyl (C=O) groups excluding carboxylic acids is 1. The van der Waals surface area contributed by atoms with Crippen LogP contribution in [-0.4, -0.2) is 26.0 Å². The molecule has 4 aromatic rings.